The van der Waals surface area contributed by atoms with Gasteiger partial charge in [0.25, 0.3) is 11.8 Å². The molecule has 1 saturated heterocycles. The summed E-state index contributed by atoms with van der Waals surface area (Å²) in [5, 5.41) is 3.84. The number of hydrogen-bond acceptors (Lipinski definition) is 7. The van der Waals surface area contributed by atoms with Gasteiger partial charge in [-0.05, 0) is 23.8 Å². The maximum Gasteiger partial charge on any atom is 0.278 e. The number of hydrogen-bond donors (Lipinski definition) is 0. The fourth-order valence-corrected chi connectivity index (χ4v) is 4.96. The molecule has 180 valence electrons. The van der Waals surface area contributed by atoms with Gasteiger partial charge in [0.05, 0.1) is 19.9 Å². The van der Waals surface area contributed by atoms with Crippen molar-refractivity contribution in [1.82, 2.24) is 9.97 Å². The molecule has 1 aliphatic rings. The van der Waals surface area contributed by atoms with E-state index in [9.17, 15) is 9.59 Å². The SMILES string of the molecule is C#Cc1nc(C(=O)N(c2cc(OC)cc(OC)c2)C2CCN(c3nccc4ccccc34)C2=O)cs1. The lowest BCUT2D eigenvalue weighted by atomic mass is 10.1. The van der Waals surface area contributed by atoms with Gasteiger partial charge in [0, 0.05) is 41.7 Å². The predicted molar refractivity (Wildman–Crippen MR) is 139 cm³/mol. The molecule has 0 N–H and O–H groups in total. The third-order valence-electron chi connectivity index (χ3n) is 6.08. The summed E-state index contributed by atoms with van der Waals surface area (Å²) in [6.07, 6.45) is 7.56. The predicted octanol–water partition coefficient (Wildman–Crippen LogP) is 4.14. The Kier molecular flexibility index (Phi) is 6.27. The molecule has 0 spiro atoms. The highest BCUT2D eigenvalue weighted by atomic mass is 32.1. The van der Waals surface area contributed by atoms with E-state index in [0.29, 0.717) is 41.0 Å². The van der Waals surface area contributed by atoms with Crippen molar-refractivity contribution in [2.45, 2.75) is 12.5 Å². The summed E-state index contributed by atoms with van der Waals surface area (Å²) < 4.78 is 10.8. The lowest BCUT2D eigenvalue weighted by Gasteiger charge is -2.28. The molecule has 2 aromatic carbocycles. The third kappa shape index (κ3) is 4.12. The summed E-state index contributed by atoms with van der Waals surface area (Å²) in [5.74, 6) is 3.33. The van der Waals surface area contributed by atoms with E-state index in [1.54, 1.807) is 34.7 Å². The number of anilines is 2. The van der Waals surface area contributed by atoms with Crippen LogP contribution >= 0.6 is 11.3 Å². The van der Waals surface area contributed by atoms with Crippen LogP contribution in [0.15, 0.2) is 60.1 Å². The smallest absolute Gasteiger partial charge is 0.278 e. The van der Waals surface area contributed by atoms with E-state index in [1.165, 1.54) is 30.5 Å². The Hall–Kier alpha value is -4.42. The summed E-state index contributed by atoms with van der Waals surface area (Å²) in [6.45, 7) is 0.405. The first-order valence-corrected chi connectivity index (χ1v) is 12.1. The van der Waals surface area contributed by atoms with Crippen molar-refractivity contribution in [1.29, 1.82) is 0 Å². The molecule has 0 saturated carbocycles. The van der Waals surface area contributed by atoms with Crippen molar-refractivity contribution in [2.24, 2.45) is 0 Å². The summed E-state index contributed by atoms with van der Waals surface area (Å²) in [4.78, 5) is 39.5. The zero-order valence-corrected chi connectivity index (χ0v) is 20.5. The van der Waals surface area contributed by atoms with E-state index < -0.39 is 11.9 Å². The second-order valence-corrected chi connectivity index (χ2v) is 8.94. The molecule has 1 atom stereocenters. The van der Waals surface area contributed by atoms with Crippen molar-refractivity contribution in [3.63, 3.8) is 0 Å². The molecule has 5 rings (SSSR count). The number of aromatic nitrogens is 2. The van der Waals surface area contributed by atoms with Crippen LogP contribution in [-0.2, 0) is 4.79 Å². The number of thiazole rings is 1. The molecule has 0 aliphatic carbocycles. The first-order chi connectivity index (χ1) is 17.5. The average Bonchev–Trinajstić information content (AvgIpc) is 3.55. The molecule has 2 aromatic heterocycles. The summed E-state index contributed by atoms with van der Waals surface area (Å²) >= 11 is 1.20. The Morgan fingerprint density at radius 3 is 2.61 bits per heavy atom. The first-order valence-electron chi connectivity index (χ1n) is 11.2. The monoisotopic (exact) mass is 498 g/mol. The van der Waals surface area contributed by atoms with E-state index in [2.05, 4.69) is 15.9 Å². The third-order valence-corrected chi connectivity index (χ3v) is 6.85. The number of methoxy groups -OCH3 is 2. The van der Waals surface area contributed by atoms with Crippen LogP contribution in [0.5, 0.6) is 11.5 Å². The van der Waals surface area contributed by atoms with Gasteiger partial charge in [0.15, 0.2) is 5.01 Å². The van der Waals surface area contributed by atoms with Crippen LogP contribution in [-0.4, -0.2) is 48.6 Å². The molecular weight excluding hydrogens is 476 g/mol. The maximum atomic E-state index is 13.8. The van der Waals surface area contributed by atoms with Crippen LogP contribution < -0.4 is 19.3 Å². The van der Waals surface area contributed by atoms with Crippen molar-refractivity contribution >= 4 is 45.4 Å². The van der Waals surface area contributed by atoms with Crippen LogP contribution in [0.1, 0.15) is 21.9 Å². The van der Waals surface area contributed by atoms with Gasteiger partial charge in [-0.25, -0.2) is 9.97 Å². The molecule has 36 heavy (non-hydrogen) atoms. The summed E-state index contributed by atoms with van der Waals surface area (Å²) in [6, 6.07) is 14.0. The molecule has 1 aliphatic heterocycles. The molecular formula is C27H22N4O4S. The van der Waals surface area contributed by atoms with E-state index in [0.717, 1.165) is 10.8 Å². The number of carbonyl (C=O) groups is 2. The zero-order valence-electron chi connectivity index (χ0n) is 19.7. The molecule has 3 heterocycles. The number of fused-ring (bicyclic) bond motifs is 1. The Morgan fingerprint density at radius 1 is 1.17 bits per heavy atom. The molecule has 8 nitrogen and oxygen atoms in total. The maximum absolute atomic E-state index is 13.8. The van der Waals surface area contributed by atoms with Gasteiger partial charge in [-0.2, -0.15) is 0 Å². The highest BCUT2D eigenvalue weighted by molar-refractivity contribution is 7.10. The molecule has 2 amide bonds. The zero-order chi connectivity index (χ0) is 25.2. The number of nitrogens with zero attached hydrogens (tertiary/aromatic N) is 4. The normalized spacial score (nSPS) is 15.1. The van der Waals surface area contributed by atoms with Gasteiger partial charge in [-0.15, -0.1) is 17.8 Å². The highest BCUT2D eigenvalue weighted by Crippen LogP contribution is 2.35. The largest absolute Gasteiger partial charge is 0.497 e. The minimum absolute atomic E-state index is 0.171. The second-order valence-electron chi connectivity index (χ2n) is 8.08. The average molecular weight is 499 g/mol. The molecule has 9 heteroatoms. The van der Waals surface area contributed by atoms with Crippen molar-refractivity contribution < 1.29 is 19.1 Å². The van der Waals surface area contributed by atoms with Crippen LogP contribution in [0.25, 0.3) is 10.8 Å². The fraction of sp³-hybridized carbons (Fsp3) is 0.185. The van der Waals surface area contributed by atoms with Crippen LogP contribution in [0.2, 0.25) is 0 Å². The Bertz CT molecular complexity index is 1480. The quantitative estimate of drug-likeness (QED) is 0.372. The number of carbonyl (C=O) groups excluding carboxylic acids is 2. The number of rotatable bonds is 6. The van der Waals surface area contributed by atoms with E-state index in [-0.39, 0.29) is 11.6 Å². The van der Waals surface area contributed by atoms with Gasteiger partial charge < -0.3 is 9.47 Å². The minimum Gasteiger partial charge on any atom is -0.497 e. The molecule has 0 bridgehead atoms. The molecule has 0 radical (unpaired) electrons. The topological polar surface area (TPSA) is 84.9 Å². The van der Waals surface area contributed by atoms with Crippen molar-refractivity contribution in [3.8, 4) is 23.8 Å². The van der Waals surface area contributed by atoms with Gasteiger partial charge in [0.2, 0.25) is 0 Å². The molecule has 1 fully saturated rings. The fourth-order valence-electron chi connectivity index (χ4n) is 4.37. The number of benzene rings is 2. The van der Waals surface area contributed by atoms with E-state index in [4.69, 9.17) is 15.9 Å². The Labute approximate surface area is 212 Å². The standard InChI is InChI=1S/C27H22N4O4S/c1-4-24-29-22(16-36-24)26(32)31(18-13-19(34-2)15-20(14-18)35-3)23-10-12-30(27(23)33)25-21-8-6-5-7-17(21)9-11-28-25/h1,5-9,11,13-16,23H,10,12H2,2-3H3. The van der Waals surface area contributed by atoms with Crippen LogP contribution in [0.4, 0.5) is 11.5 Å². The number of amides is 2. The Morgan fingerprint density at radius 2 is 1.92 bits per heavy atom. The van der Waals surface area contributed by atoms with E-state index in [1.807, 2.05) is 30.3 Å². The van der Waals surface area contributed by atoms with Crippen molar-refractivity contribution in [2.75, 3.05) is 30.6 Å². The van der Waals surface area contributed by atoms with Crippen LogP contribution in [0.3, 0.4) is 0 Å². The van der Waals surface area contributed by atoms with Crippen molar-refractivity contribution in [3.05, 3.63) is 70.8 Å². The molecule has 4 aromatic rings. The summed E-state index contributed by atoms with van der Waals surface area (Å²) in [5.41, 5.74) is 0.627. The number of pyridine rings is 1. The second kappa shape index (κ2) is 9.68. The molecule has 1 unspecified atom stereocenters. The summed E-state index contributed by atoms with van der Waals surface area (Å²) in [7, 11) is 3.05. The highest BCUT2D eigenvalue weighted by Gasteiger charge is 2.41. The van der Waals surface area contributed by atoms with Gasteiger partial charge in [-0.3, -0.25) is 19.4 Å². The lowest BCUT2D eigenvalue weighted by molar-refractivity contribution is -0.118. The van der Waals surface area contributed by atoms with Gasteiger partial charge >= 0.3 is 0 Å². The van der Waals surface area contributed by atoms with Gasteiger partial charge in [0.1, 0.15) is 29.1 Å². The first kappa shape index (κ1) is 23.3. The van der Waals surface area contributed by atoms with Gasteiger partial charge in [-0.1, -0.05) is 24.3 Å². The minimum atomic E-state index is -0.786. The Balaban J connectivity index is 1.58. The van der Waals surface area contributed by atoms with Crippen LogP contribution in [0, 0.1) is 12.3 Å². The van der Waals surface area contributed by atoms with E-state index >= 15 is 0 Å². The number of terminal acetylenes is 1. The number of ether oxygens (including phenoxy) is 2. The lowest BCUT2D eigenvalue weighted by Crippen LogP contribution is -2.46.